The topological polar surface area (TPSA) is 141 Å². The van der Waals surface area contributed by atoms with Crippen molar-refractivity contribution >= 4 is 45.8 Å². The molecule has 1 fully saturated rings. The summed E-state index contributed by atoms with van der Waals surface area (Å²) >= 11 is 3.39. The van der Waals surface area contributed by atoms with Gasteiger partial charge in [0.25, 0.3) is 0 Å². The smallest absolute Gasteiger partial charge is 0.303 e. The van der Waals surface area contributed by atoms with Crippen molar-refractivity contribution < 1.29 is 52.4 Å². The van der Waals surface area contributed by atoms with Crippen LogP contribution in [0.3, 0.4) is 0 Å². The largest absolute Gasteiger partial charge is 0.463 e. The average molecular weight is 573 g/mol. The van der Waals surface area contributed by atoms with Crippen LogP contribution < -0.4 is 0 Å². The van der Waals surface area contributed by atoms with Crippen molar-refractivity contribution in [3.8, 4) is 0 Å². The maximum absolute atomic E-state index is 12.1. The molecule has 36 heavy (non-hydrogen) atoms. The molecule has 198 valence electrons. The summed E-state index contributed by atoms with van der Waals surface area (Å²) in [5.74, 6) is -3.54. The van der Waals surface area contributed by atoms with E-state index in [4.69, 9.17) is 28.4 Å². The van der Waals surface area contributed by atoms with Gasteiger partial charge in [-0.1, -0.05) is 22.0 Å². The number of carbonyl (C=O) groups is 5. The number of hydrogen-bond acceptors (Lipinski definition) is 11. The van der Waals surface area contributed by atoms with Crippen LogP contribution in [0.4, 0.5) is 0 Å². The van der Waals surface area contributed by atoms with E-state index in [0.29, 0.717) is 11.1 Å². The predicted octanol–water partition coefficient (Wildman–Crippen LogP) is 2.49. The third-order valence-corrected chi connectivity index (χ3v) is 5.65. The first-order valence-corrected chi connectivity index (χ1v) is 11.8. The lowest BCUT2D eigenvalue weighted by molar-refractivity contribution is -0.268. The summed E-state index contributed by atoms with van der Waals surface area (Å²) in [6.45, 7) is 7.17. The van der Waals surface area contributed by atoms with E-state index < -0.39 is 66.5 Å². The molecule has 0 spiro atoms. The first-order valence-electron chi connectivity index (χ1n) is 11.0. The third kappa shape index (κ3) is 8.02. The van der Waals surface area contributed by atoms with Crippen molar-refractivity contribution in [2.45, 2.75) is 78.2 Å². The van der Waals surface area contributed by atoms with Gasteiger partial charge in [-0.3, -0.25) is 24.0 Å². The summed E-state index contributed by atoms with van der Waals surface area (Å²) < 4.78 is 34.0. The molecule has 0 saturated carbocycles. The van der Waals surface area contributed by atoms with E-state index in [1.807, 2.05) is 0 Å². The van der Waals surface area contributed by atoms with Gasteiger partial charge in [0, 0.05) is 39.1 Å². The second kappa shape index (κ2) is 12.8. The number of esters is 5. The van der Waals surface area contributed by atoms with Gasteiger partial charge < -0.3 is 28.4 Å². The monoisotopic (exact) mass is 572 g/mol. The fourth-order valence-electron chi connectivity index (χ4n) is 3.95. The molecule has 1 aliphatic rings. The van der Waals surface area contributed by atoms with Gasteiger partial charge in [0.2, 0.25) is 0 Å². The molecule has 1 saturated heterocycles. The number of aryl methyl sites for hydroxylation is 1. The summed E-state index contributed by atoms with van der Waals surface area (Å²) in [6.07, 6.45) is -7.59. The van der Waals surface area contributed by atoms with E-state index in [1.165, 1.54) is 13.8 Å². The van der Waals surface area contributed by atoms with Crippen molar-refractivity contribution in [1.82, 2.24) is 0 Å². The number of hydrogen-bond donors (Lipinski definition) is 0. The van der Waals surface area contributed by atoms with Crippen LogP contribution in [0, 0.1) is 6.92 Å². The highest BCUT2D eigenvalue weighted by Crippen LogP contribution is 2.38. The highest BCUT2D eigenvalue weighted by atomic mass is 79.9. The van der Waals surface area contributed by atoms with Crippen LogP contribution in [0.5, 0.6) is 0 Å². The Morgan fingerprint density at radius 3 is 1.89 bits per heavy atom. The first-order chi connectivity index (χ1) is 16.8. The minimum Gasteiger partial charge on any atom is -0.463 e. The molecular weight excluding hydrogens is 544 g/mol. The van der Waals surface area contributed by atoms with E-state index in [0.717, 1.165) is 25.2 Å². The molecule has 0 radical (unpaired) electrons. The minimum atomic E-state index is -1.37. The van der Waals surface area contributed by atoms with Crippen LogP contribution in [-0.4, -0.2) is 67.0 Å². The molecule has 5 unspecified atom stereocenters. The SMILES string of the molecule is CC(=O)OCC1OC([C@H](OC(C)=O)c2ccc(Br)cc2C)C(OC(C)=O)C(OC(C)=O)C1OC(C)=O. The van der Waals surface area contributed by atoms with Gasteiger partial charge in [-0.15, -0.1) is 0 Å². The number of benzene rings is 1. The van der Waals surface area contributed by atoms with Crippen molar-refractivity contribution in [3.63, 3.8) is 0 Å². The van der Waals surface area contributed by atoms with Crippen LogP contribution >= 0.6 is 15.9 Å². The van der Waals surface area contributed by atoms with E-state index in [-0.39, 0.29) is 6.61 Å². The zero-order valence-electron chi connectivity index (χ0n) is 20.8. The molecule has 1 aromatic rings. The highest BCUT2D eigenvalue weighted by Gasteiger charge is 2.55. The maximum atomic E-state index is 12.1. The van der Waals surface area contributed by atoms with Crippen LogP contribution in [0.25, 0.3) is 0 Å². The van der Waals surface area contributed by atoms with Gasteiger partial charge in [-0.2, -0.15) is 0 Å². The number of carbonyl (C=O) groups excluding carboxylic acids is 5. The zero-order valence-corrected chi connectivity index (χ0v) is 22.4. The Labute approximate surface area is 216 Å². The molecule has 0 aliphatic carbocycles. The standard InChI is InChI=1S/C24H29BrO11/c1-11-9-17(25)7-8-18(11)20(32-13(3)27)22-24(35-16(6)30)23(34-15(5)29)21(33-14(4)28)19(36-22)10-31-12(2)26/h7-9,19-24H,10H2,1-6H3/t19?,20-,21?,22?,23?,24?/m1/s1. The summed E-state index contributed by atoms with van der Waals surface area (Å²) in [7, 11) is 0. The van der Waals surface area contributed by atoms with Crippen molar-refractivity contribution in [2.75, 3.05) is 6.61 Å². The summed E-state index contributed by atoms with van der Waals surface area (Å²) in [6, 6.07) is 5.21. The van der Waals surface area contributed by atoms with E-state index in [1.54, 1.807) is 25.1 Å². The number of rotatable bonds is 8. The molecule has 0 amide bonds. The van der Waals surface area contributed by atoms with Gasteiger partial charge in [0.15, 0.2) is 24.4 Å². The quantitative estimate of drug-likeness (QED) is 0.335. The van der Waals surface area contributed by atoms with Crippen LogP contribution in [0.2, 0.25) is 0 Å². The zero-order chi connectivity index (χ0) is 27.2. The molecule has 6 atom stereocenters. The van der Waals surface area contributed by atoms with Crippen molar-refractivity contribution in [3.05, 3.63) is 33.8 Å². The molecule has 11 nitrogen and oxygen atoms in total. The van der Waals surface area contributed by atoms with Crippen molar-refractivity contribution in [2.24, 2.45) is 0 Å². The first kappa shape index (κ1) is 29.2. The van der Waals surface area contributed by atoms with E-state index >= 15 is 0 Å². The lowest BCUT2D eigenvalue weighted by Crippen LogP contribution is -2.63. The van der Waals surface area contributed by atoms with Crippen LogP contribution in [0.1, 0.15) is 51.8 Å². The molecule has 1 heterocycles. The molecule has 0 N–H and O–H groups in total. The van der Waals surface area contributed by atoms with Gasteiger partial charge in [-0.05, 0) is 30.2 Å². The van der Waals surface area contributed by atoms with Crippen molar-refractivity contribution in [1.29, 1.82) is 0 Å². The maximum Gasteiger partial charge on any atom is 0.303 e. The predicted molar refractivity (Wildman–Crippen MR) is 125 cm³/mol. The van der Waals surface area contributed by atoms with Gasteiger partial charge in [0.1, 0.15) is 18.8 Å². The van der Waals surface area contributed by atoms with E-state index in [9.17, 15) is 24.0 Å². The second-order valence-electron chi connectivity index (χ2n) is 8.19. The Kier molecular flexibility index (Phi) is 10.4. The van der Waals surface area contributed by atoms with Gasteiger partial charge in [-0.25, -0.2) is 0 Å². The van der Waals surface area contributed by atoms with Crippen LogP contribution in [0.15, 0.2) is 22.7 Å². The average Bonchev–Trinajstić information content (AvgIpc) is 2.73. The fraction of sp³-hybridized carbons (Fsp3) is 0.542. The van der Waals surface area contributed by atoms with Gasteiger partial charge >= 0.3 is 29.8 Å². The second-order valence-corrected chi connectivity index (χ2v) is 9.11. The molecule has 2 rings (SSSR count). The third-order valence-electron chi connectivity index (χ3n) is 5.16. The Hall–Kier alpha value is -2.99. The fourth-order valence-corrected chi connectivity index (χ4v) is 4.43. The molecule has 0 aromatic heterocycles. The molecule has 1 aromatic carbocycles. The normalized spacial score (nSPS) is 24.1. The molecule has 12 heteroatoms. The molecule has 0 bridgehead atoms. The molecular formula is C24H29BrO11. The Morgan fingerprint density at radius 1 is 0.833 bits per heavy atom. The summed E-state index contributed by atoms with van der Waals surface area (Å²) in [5, 5.41) is 0. The number of halogens is 1. The summed E-state index contributed by atoms with van der Waals surface area (Å²) in [4.78, 5) is 59.7. The lowest BCUT2D eigenvalue weighted by Gasteiger charge is -2.46. The van der Waals surface area contributed by atoms with Gasteiger partial charge in [0.05, 0.1) is 0 Å². The Balaban J connectivity index is 2.69. The van der Waals surface area contributed by atoms with E-state index in [2.05, 4.69) is 15.9 Å². The van der Waals surface area contributed by atoms with Crippen LogP contribution in [-0.2, 0) is 52.4 Å². The molecule has 1 aliphatic heterocycles. The summed E-state index contributed by atoms with van der Waals surface area (Å²) in [5.41, 5.74) is 1.23. The Bertz CT molecular complexity index is 1010. The highest BCUT2D eigenvalue weighted by molar-refractivity contribution is 9.10. The lowest BCUT2D eigenvalue weighted by atomic mass is 9.87. The number of ether oxygens (including phenoxy) is 6. The minimum absolute atomic E-state index is 0.388. The Morgan fingerprint density at radius 2 is 1.39 bits per heavy atom.